The van der Waals surface area contributed by atoms with Gasteiger partial charge < -0.3 is 9.64 Å². The molecule has 0 radical (unpaired) electrons. The molecule has 134 valence electrons. The van der Waals surface area contributed by atoms with E-state index in [-0.39, 0.29) is 10.7 Å². The number of hydrogen-bond acceptors (Lipinski definition) is 5. The Morgan fingerprint density at radius 3 is 2.76 bits per heavy atom. The molecule has 2 rings (SSSR count). The number of fused-ring (bicyclic) bond motifs is 1. The van der Waals surface area contributed by atoms with E-state index in [0.29, 0.717) is 6.61 Å². The Labute approximate surface area is 152 Å². The molecule has 0 unspecified atom stereocenters. The highest BCUT2D eigenvalue weighted by Gasteiger charge is 2.10. The van der Waals surface area contributed by atoms with Gasteiger partial charge in [0, 0.05) is 35.3 Å². The molecule has 1 aromatic carbocycles. The van der Waals surface area contributed by atoms with Crippen molar-refractivity contribution in [1.82, 2.24) is 0 Å². The predicted molar refractivity (Wildman–Crippen MR) is 106 cm³/mol. The Kier molecular flexibility index (Phi) is 7.67. The summed E-state index contributed by atoms with van der Waals surface area (Å²) in [6.45, 7) is 7.73. The van der Waals surface area contributed by atoms with E-state index in [1.165, 1.54) is 17.4 Å². The maximum Gasteiger partial charge on any atom is 0.330 e. The number of benzene rings is 1. The summed E-state index contributed by atoms with van der Waals surface area (Å²) >= 11 is 1.29. The monoisotopic (exact) mass is 359 g/mol. The van der Waals surface area contributed by atoms with Crippen molar-refractivity contribution in [2.45, 2.75) is 32.6 Å². The summed E-state index contributed by atoms with van der Waals surface area (Å²) in [4.78, 5) is 25.2. The van der Waals surface area contributed by atoms with Crippen molar-refractivity contribution in [3.05, 3.63) is 52.5 Å². The van der Waals surface area contributed by atoms with Gasteiger partial charge in [-0.25, -0.2) is 4.79 Å². The highest BCUT2D eigenvalue weighted by atomic mass is 32.1. The van der Waals surface area contributed by atoms with E-state index in [0.717, 1.165) is 54.5 Å². The summed E-state index contributed by atoms with van der Waals surface area (Å²) in [6.07, 6.45) is 5.19. The maximum atomic E-state index is 12.0. The molecule has 0 saturated heterocycles. The Bertz CT molecular complexity index is 769. The minimum absolute atomic E-state index is 0.0937. The maximum absolute atomic E-state index is 12.0. The molecule has 0 amide bonds. The van der Waals surface area contributed by atoms with Crippen molar-refractivity contribution < 1.29 is 9.53 Å². The average Bonchev–Trinajstić information content (AvgIpc) is 2.63. The molecule has 0 spiro atoms. The fourth-order valence-electron chi connectivity index (χ4n) is 2.79. The minimum Gasteiger partial charge on any atom is -0.463 e. The van der Waals surface area contributed by atoms with E-state index in [4.69, 9.17) is 4.74 Å². The molecule has 1 aromatic heterocycles. The van der Waals surface area contributed by atoms with Crippen LogP contribution in [0.1, 0.15) is 32.6 Å². The standard InChI is InChI=1S/C20H25NO3S/c1-3-19(22)24-14-10-6-5-9-13-21(4-2)17-15-20(23)25-18-12-8-7-11-16(17)18/h3,7-8,11-12,15H,1,4-6,9-10,13-14H2,2H3. The van der Waals surface area contributed by atoms with Crippen molar-refractivity contribution >= 4 is 33.1 Å². The van der Waals surface area contributed by atoms with Gasteiger partial charge in [-0.2, -0.15) is 0 Å². The molecule has 0 N–H and O–H groups in total. The Morgan fingerprint density at radius 1 is 1.24 bits per heavy atom. The van der Waals surface area contributed by atoms with Crippen molar-refractivity contribution in [1.29, 1.82) is 0 Å². The molecule has 0 saturated carbocycles. The second kappa shape index (κ2) is 9.99. The van der Waals surface area contributed by atoms with Gasteiger partial charge in [0.1, 0.15) is 0 Å². The van der Waals surface area contributed by atoms with Crippen LogP contribution in [0, 0.1) is 0 Å². The number of unbranched alkanes of at least 4 members (excludes halogenated alkanes) is 3. The smallest absolute Gasteiger partial charge is 0.330 e. The molecule has 5 heteroatoms. The second-order valence-corrected chi connectivity index (χ2v) is 6.86. The number of carbonyl (C=O) groups is 1. The molecule has 2 aromatic rings. The molecule has 0 atom stereocenters. The van der Waals surface area contributed by atoms with Crippen LogP contribution in [-0.2, 0) is 9.53 Å². The van der Waals surface area contributed by atoms with Crippen molar-refractivity contribution in [2.75, 3.05) is 24.6 Å². The Hall–Kier alpha value is -2.14. The van der Waals surface area contributed by atoms with Crippen molar-refractivity contribution in [3.8, 4) is 0 Å². The molecular formula is C20H25NO3S. The fraction of sp³-hybridized carbons (Fsp3) is 0.400. The van der Waals surface area contributed by atoms with E-state index in [1.807, 2.05) is 18.2 Å². The lowest BCUT2D eigenvalue weighted by molar-refractivity contribution is -0.137. The van der Waals surface area contributed by atoms with Gasteiger partial charge in [0.25, 0.3) is 0 Å². The largest absolute Gasteiger partial charge is 0.463 e. The number of hydrogen-bond donors (Lipinski definition) is 0. The van der Waals surface area contributed by atoms with Crippen molar-refractivity contribution in [3.63, 3.8) is 0 Å². The molecule has 0 aliphatic heterocycles. The third-order valence-electron chi connectivity index (χ3n) is 4.08. The van der Waals surface area contributed by atoms with Gasteiger partial charge in [-0.05, 0) is 32.3 Å². The van der Waals surface area contributed by atoms with E-state index < -0.39 is 0 Å². The van der Waals surface area contributed by atoms with Gasteiger partial charge in [0.05, 0.1) is 12.3 Å². The lowest BCUT2D eigenvalue weighted by Crippen LogP contribution is -2.25. The van der Waals surface area contributed by atoms with Crippen molar-refractivity contribution in [2.24, 2.45) is 0 Å². The lowest BCUT2D eigenvalue weighted by Gasteiger charge is -2.24. The Balaban J connectivity index is 1.88. The first-order valence-corrected chi connectivity index (χ1v) is 9.54. The predicted octanol–water partition coefficient (Wildman–Crippen LogP) is 4.38. The molecule has 0 aliphatic carbocycles. The topological polar surface area (TPSA) is 46.6 Å². The molecule has 25 heavy (non-hydrogen) atoms. The van der Waals surface area contributed by atoms with E-state index in [1.54, 1.807) is 6.07 Å². The summed E-state index contributed by atoms with van der Waals surface area (Å²) in [5.74, 6) is -0.359. The van der Waals surface area contributed by atoms with E-state index in [9.17, 15) is 9.59 Å². The zero-order valence-electron chi connectivity index (χ0n) is 14.7. The van der Waals surface area contributed by atoms with Crippen LogP contribution in [0.15, 0.2) is 47.8 Å². The lowest BCUT2D eigenvalue weighted by atomic mass is 10.1. The summed E-state index contributed by atoms with van der Waals surface area (Å²) in [5.41, 5.74) is 1.03. The number of esters is 1. The highest BCUT2D eigenvalue weighted by molar-refractivity contribution is 7.16. The summed E-state index contributed by atoms with van der Waals surface area (Å²) in [6, 6.07) is 9.82. The SMILES string of the molecule is C=CC(=O)OCCCCCCN(CC)c1cc(=O)sc2ccccc12. The van der Waals surface area contributed by atoms with E-state index in [2.05, 4.69) is 24.5 Å². The first-order chi connectivity index (χ1) is 12.2. The minimum atomic E-state index is -0.359. The zero-order chi connectivity index (χ0) is 18.1. The van der Waals surface area contributed by atoms with Gasteiger partial charge >= 0.3 is 5.97 Å². The van der Waals surface area contributed by atoms with Gasteiger partial charge in [0.15, 0.2) is 0 Å². The van der Waals surface area contributed by atoms with E-state index >= 15 is 0 Å². The molecule has 0 aliphatic rings. The van der Waals surface area contributed by atoms with Crippen LogP contribution < -0.4 is 9.64 Å². The second-order valence-electron chi connectivity index (χ2n) is 5.81. The fourth-order valence-corrected chi connectivity index (χ4v) is 3.61. The van der Waals surface area contributed by atoms with Crippen LogP contribution in [0.4, 0.5) is 5.69 Å². The molecule has 4 nitrogen and oxygen atoms in total. The number of ether oxygens (including phenoxy) is 1. The van der Waals surface area contributed by atoms with Gasteiger partial charge in [-0.15, -0.1) is 0 Å². The summed E-state index contributed by atoms with van der Waals surface area (Å²) < 4.78 is 6.10. The molecule has 0 bridgehead atoms. The average molecular weight is 359 g/mol. The molecule has 0 fully saturated rings. The molecular weight excluding hydrogens is 334 g/mol. The number of anilines is 1. The number of carbonyl (C=O) groups excluding carboxylic acids is 1. The first kappa shape index (κ1) is 19.2. The van der Waals surface area contributed by atoms with Crippen LogP contribution in [0.3, 0.4) is 0 Å². The van der Waals surface area contributed by atoms with Crippen LogP contribution in [0.2, 0.25) is 0 Å². The third kappa shape index (κ3) is 5.71. The third-order valence-corrected chi connectivity index (χ3v) is 4.98. The number of rotatable bonds is 10. The quantitative estimate of drug-likeness (QED) is 0.359. The van der Waals surface area contributed by atoms with Gasteiger partial charge in [-0.3, -0.25) is 4.79 Å². The normalized spacial score (nSPS) is 10.6. The van der Waals surface area contributed by atoms with Gasteiger partial charge in [0.2, 0.25) is 4.74 Å². The van der Waals surface area contributed by atoms with Crippen LogP contribution in [0.5, 0.6) is 0 Å². The molecule has 1 heterocycles. The summed E-state index contributed by atoms with van der Waals surface area (Å²) in [5, 5.41) is 1.14. The van der Waals surface area contributed by atoms with Crippen LogP contribution in [0.25, 0.3) is 10.1 Å². The van der Waals surface area contributed by atoms with Crippen LogP contribution >= 0.6 is 11.3 Å². The summed E-state index contributed by atoms with van der Waals surface area (Å²) in [7, 11) is 0. The van der Waals surface area contributed by atoms with Crippen LogP contribution in [-0.4, -0.2) is 25.7 Å². The highest BCUT2D eigenvalue weighted by Crippen LogP contribution is 2.27. The zero-order valence-corrected chi connectivity index (χ0v) is 15.5. The van der Waals surface area contributed by atoms with Gasteiger partial charge in [-0.1, -0.05) is 42.5 Å². The Morgan fingerprint density at radius 2 is 2.00 bits per heavy atom. The number of nitrogens with zero attached hydrogens (tertiary/aromatic N) is 1. The first-order valence-electron chi connectivity index (χ1n) is 8.72.